The first-order valence-corrected chi connectivity index (χ1v) is 7.62. The van der Waals surface area contributed by atoms with Crippen LogP contribution in [0.25, 0.3) is 0 Å². The summed E-state index contributed by atoms with van der Waals surface area (Å²) >= 11 is 0. The van der Waals surface area contributed by atoms with Gasteiger partial charge >= 0.3 is 5.97 Å². The molecule has 1 aliphatic heterocycles. The molecule has 1 N–H and O–H groups in total. The molecule has 1 saturated carbocycles. The number of benzene rings is 1. The van der Waals surface area contributed by atoms with Crippen molar-refractivity contribution in [1.29, 1.82) is 0 Å². The zero-order valence-electron chi connectivity index (χ0n) is 12.3. The number of rotatable bonds is 4. The van der Waals surface area contributed by atoms with Crippen LogP contribution in [-0.4, -0.2) is 35.0 Å². The van der Waals surface area contributed by atoms with Gasteiger partial charge in [0.1, 0.15) is 0 Å². The number of carbonyl (C=O) groups excluding carboxylic acids is 1. The van der Waals surface area contributed by atoms with E-state index >= 15 is 0 Å². The molecule has 2 aliphatic rings. The quantitative estimate of drug-likeness (QED) is 0.925. The largest absolute Gasteiger partial charge is 0.481 e. The maximum Gasteiger partial charge on any atom is 0.311 e. The molecule has 1 atom stereocenters. The molecular weight excluding hydrogens is 266 g/mol. The maximum atomic E-state index is 12.9. The van der Waals surface area contributed by atoms with E-state index in [-0.39, 0.29) is 11.3 Å². The van der Waals surface area contributed by atoms with Gasteiger partial charge in [-0.2, -0.15) is 0 Å². The Balaban J connectivity index is 1.80. The van der Waals surface area contributed by atoms with Crippen molar-refractivity contribution in [3.8, 4) is 0 Å². The van der Waals surface area contributed by atoms with Gasteiger partial charge in [0.2, 0.25) is 5.91 Å². The van der Waals surface area contributed by atoms with Crippen LogP contribution < -0.4 is 0 Å². The number of hydrogen-bond acceptors (Lipinski definition) is 2. The summed E-state index contributed by atoms with van der Waals surface area (Å²) < 4.78 is 0. The van der Waals surface area contributed by atoms with Gasteiger partial charge in [-0.3, -0.25) is 9.59 Å². The lowest BCUT2D eigenvalue weighted by atomic mass is 9.84. The maximum absolute atomic E-state index is 12.9. The summed E-state index contributed by atoms with van der Waals surface area (Å²) in [7, 11) is 0. The van der Waals surface area contributed by atoms with E-state index in [0.717, 1.165) is 18.4 Å². The Bertz CT molecular complexity index is 565. The third-order valence-electron chi connectivity index (χ3n) is 5.26. The zero-order valence-corrected chi connectivity index (χ0v) is 12.3. The van der Waals surface area contributed by atoms with Crippen molar-refractivity contribution in [1.82, 2.24) is 4.90 Å². The lowest BCUT2D eigenvalue weighted by molar-refractivity contribution is -0.148. The van der Waals surface area contributed by atoms with Gasteiger partial charge in [0.15, 0.2) is 0 Å². The fraction of sp³-hybridized carbons (Fsp3) is 0.529. The van der Waals surface area contributed by atoms with Crippen LogP contribution in [0.5, 0.6) is 0 Å². The Hall–Kier alpha value is -1.84. The molecule has 4 heteroatoms. The molecule has 1 heterocycles. The molecular formula is C17H21NO3. The second kappa shape index (κ2) is 4.86. The molecule has 21 heavy (non-hydrogen) atoms. The van der Waals surface area contributed by atoms with Crippen molar-refractivity contribution in [3.63, 3.8) is 0 Å². The minimum atomic E-state index is -0.773. The van der Waals surface area contributed by atoms with Gasteiger partial charge in [-0.1, -0.05) is 37.3 Å². The zero-order chi connectivity index (χ0) is 15.1. The van der Waals surface area contributed by atoms with E-state index in [4.69, 9.17) is 0 Å². The standard InChI is InChI=1S/C17H21NO3/c1-2-16(15(20)21)10-11-18(12-16)14(19)17(8-9-17)13-6-4-3-5-7-13/h3-7H,2,8-12H2,1H3,(H,20,21). The summed E-state index contributed by atoms with van der Waals surface area (Å²) in [5, 5.41) is 9.46. The van der Waals surface area contributed by atoms with Crippen molar-refractivity contribution in [2.24, 2.45) is 5.41 Å². The predicted molar refractivity (Wildman–Crippen MR) is 78.9 cm³/mol. The molecule has 2 fully saturated rings. The average molecular weight is 287 g/mol. The monoisotopic (exact) mass is 287 g/mol. The topological polar surface area (TPSA) is 57.6 Å². The van der Waals surface area contributed by atoms with Crippen molar-refractivity contribution < 1.29 is 14.7 Å². The summed E-state index contributed by atoms with van der Waals surface area (Å²) in [5.41, 5.74) is -0.0641. The van der Waals surface area contributed by atoms with Crippen LogP contribution in [0.4, 0.5) is 0 Å². The van der Waals surface area contributed by atoms with Gasteiger partial charge < -0.3 is 10.0 Å². The normalized spacial score (nSPS) is 26.6. The van der Waals surface area contributed by atoms with Crippen molar-refractivity contribution in [2.45, 2.75) is 38.0 Å². The van der Waals surface area contributed by atoms with E-state index in [2.05, 4.69) is 0 Å². The number of carboxylic acid groups (broad SMARTS) is 1. The van der Waals surface area contributed by atoms with Crippen LogP contribution in [0, 0.1) is 5.41 Å². The fourth-order valence-electron chi connectivity index (χ4n) is 3.47. The number of hydrogen-bond donors (Lipinski definition) is 1. The van der Waals surface area contributed by atoms with Crippen LogP contribution >= 0.6 is 0 Å². The molecule has 1 aliphatic carbocycles. The van der Waals surface area contributed by atoms with E-state index in [1.807, 2.05) is 37.3 Å². The molecule has 3 rings (SSSR count). The Labute approximate surface area is 124 Å². The van der Waals surface area contributed by atoms with Gasteiger partial charge in [0, 0.05) is 13.1 Å². The Morgan fingerprint density at radius 2 is 1.86 bits per heavy atom. The van der Waals surface area contributed by atoms with E-state index in [9.17, 15) is 14.7 Å². The molecule has 0 aromatic heterocycles. The van der Waals surface area contributed by atoms with Crippen LogP contribution in [0.15, 0.2) is 30.3 Å². The first-order valence-electron chi connectivity index (χ1n) is 7.62. The second-order valence-electron chi connectivity index (χ2n) is 6.36. The first kappa shape index (κ1) is 14.1. The molecule has 0 spiro atoms. The minimum Gasteiger partial charge on any atom is -0.481 e. The number of aliphatic carboxylic acids is 1. The molecule has 1 saturated heterocycles. The molecule has 1 aromatic rings. The third kappa shape index (κ3) is 2.13. The highest BCUT2D eigenvalue weighted by Crippen LogP contribution is 2.50. The minimum absolute atomic E-state index is 0.116. The molecule has 1 amide bonds. The molecule has 1 unspecified atom stereocenters. The predicted octanol–water partition coefficient (Wildman–Crippen LogP) is 2.43. The molecule has 4 nitrogen and oxygen atoms in total. The van der Waals surface area contributed by atoms with Crippen molar-refractivity contribution >= 4 is 11.9 Å². The van der Waals surface area contributed by atoms with E-state index < -0.39 is 11.4 Å². The van der Waals surface area contributed by atoms with Crippen LogP contribution in [-0.2, 0) is 15.0 Å². The number of nitrogens with zero attached hydrogens (tertiary/aromatic N) is 1. The van der Waals surface area contributed by atoms with Crippen molar-refractivity contribution in [3.05, 3.63) is 35.9 Å². The Morgan fingerprint density at radius 3 is 2.33 bits per heavy atom. The summed E-state index contributed by atoms with van der Waals surface area (Å²) in [6.07, 6.45) is 2.89. The number of amides is 1. The number of likely N-dealkylation sites (tertiary alicyclic amines) is 1. The lowest BCUT2D eigenvalue weighted by Crippen LogP contribution is -2.41. The second-order valence-corrected chi connectivity index (χ2v) is 6.36. The van der Waals surface area contributed by atoms with Gasteiger partial charge in [-0.15, -0.1) is 0 Å². The highest BCUT2D eigenvalue weighted by Gasteiger charge is 2.55. The molecule has 0 bridgehead atoms. The highest BCUT2D eigenvalue weighted by molar-refractivity contribution is 5.92. The molecule has 1 aromatic carbocycles. The molecule has 112 valence electrons. The molecule has 0 radical (unpaired) electrons. The van der Waals surface area contributed by atoms with Crippen LogP contribution in [0.1, 0.15) is 38.2 Å². The van der Waals surface area contributed by atoms with Gasteiger partial charge in [0.25, 0.3) is 0 Å². The number of carboxylic acids is 1. The number of carbonyl (C=O) groups is 2. The first-order chi connectivity index (χ1) is 10.0. The SMILES string of the molecule is CCC1(C(=O)O)CCN(C(=O)C2(c3ccccc3)CC2)C1. The summed E-state index contributed by atoms with van der Waals surface area (Å²) in [6, 6.07) is 9.88. The van der Waals surface area contributed by atoms with E-state index in [1.165, 1.54) is 0 Å². The summed E-state index contributed by atoms with van der Waals surface area (Å²) in [5.74, 6) is -0.657. The van der Waals surface area contributed by atoms with Crippen LogP contribution in [0.3, 0.4) is 0 Å². The van der Waals surface area contributed by atoms with Crippen LogP contribution in [0.2, 0.25) is 0 Å². The van der Waals surface area contributed by atoms with E-state index in [0.29, 0.717) is 25.9 Å². The lowest BCUT2D eigenvalue weighted by Gasteiger charge is -2.26. The van der Waals surface area contributed by atoms with Gasteiger partial charge in [0.05, 0.1) is 10.8 Å². The smallest absolute Gasteiger partial charge is 0.311 e. The summed E-state index contributed by atoms with van der Waals surface area (Å²) in [4.78, 5) is 26.2. The highest BCUT2D eigenvalue weighted by atomic mass is 16.4. The van der Waals surface area contributed by atoms with Crippen molar-refractivity contribution in [2.75, 3.05) is 13.1 Å². The Morgan fingerprint density at radius 1 is 1.19 bits per heavy atom. The average Bonchev–Trinajstić information content (AvgIpc) is 3.20. The van der Waals surface area contributed by atoms with Gasteiger partial charge in [-0.25, -0.2) is 0 Å². The summed E-state index contributed by atoms with van der Waals surface area (Å²) in [6.45, 7) is 2.81. The van der Waals surface area contributed by atoms with E-state index in [1.54, 1.807) is 4.90 Å². The van der Waals surface area contributed by atoms with Gasteiger partial charge in [-0.05, 0) is 31.2 Å². The fourth-order valence-corrected chi connectivity index (χ4v) is 3.47. The third-order valence-corrected chi connectivity index (χ3v) is 5.26. The Kier molecular flexibility index (Phi) is 3.27.